The Morgan fingerprint density at radius 1 is 1.21 bits per heavy atom. The van der Waals surface area contributed by atoms with Crippen molar-refractivity contribution in [2.24, 2.45) is 17.6 Å². The van der Waals surface area contributed by atoms with Gasteiger partial charge in [-0.1, -0.05) is 0 Å². The van der Waals surface area contributed by atoms with Gasteiger partial charge in [0.05, 0.1) is 0 Å². The van der Waals surface area contributed by atoms with Crippen LogP contribution in [0, 0.1) is 15.4 Å². The van der Waals surface area contributed by atoms with E-state index >= 15 is 0 Å². The predicted molar refractivity (Wildman–Crippen MR) is 86.5 cm³/mol. The van der Waals surface area contributed by atoms with Gasteiger partial charge in [0.1, 0.15) is 0 Å². The molecule has 1 saturated heterocycles. The number of amides is 1. The highest BCUT2D eigenvalue weighted by Crippen LogP contribution is 2.37. The maximum atomic E-state index is 12.4. The summed E-state index contributed by atoms with van der Waals surface area (Å²) in [7, 11) is 0. The van der Waals surface area contributed by atoms with Gasteiger partial charge in [-0.05, 0) is 71.5 Å². The van der Waals surface area contributed by atoms with Gasteiger partial charge in [-0.2, -0.15) is 0 Å². The van der Waals surface area contributed by atoms with Crippen LogP contribution in [0.2, 0.25) is 0 Å². The van der Waals surface area contributed by atoms with Gasteiger partial charge in [0.15, 0.2) is 0 Å². The van der Waals surface area contributed by atoms with E-state index in [0.29, 0.717) is 17.9 Å². The molecule has 19 heavy (non-hydrogen) atoms. The third kappa shape index (κ3) is 2.90. The fraction of sp³-hybridized carbons (Fsp3) is 0.500. The summed E-state index contributed by atoms with van der Waals surface area (Å²) >= 11 is 2.25. The molecular formula is C14H18ClIN2O. The second-order valence-electron chi connectivity index (χ2n) is 5.38. The number of hydrogen-bond donors (Lipinski definition) is 1. The summed E-state index contributed by atoms with van der Waals surface area (Å²) in [5, 5.41) is 0. The number of hydrogen-bond acceptors (Lipinski definition) is 2. The van der Waals surface area contributed by atoms with Gasteiger partial charge in [-0.15, -0.1) is 12.4 Å². The number of fused-ring (bicyclic) bond motifs is 1. The Bertz CT molecular complexity index is 465. The SMILES string of the molecule is Cl.NC1CCC2CN(C(=O)c3ccc(I)cc3)CC12. The molecule has 3 unspecified atom stereocenters. The van der Waals surface area contributed by atoms with E-state index in [1.54, 1.807) is 0 Å². The average Bonchev–Trinajstić information content (AvgIpc) is 2.92. The molecule has 0 spiro atoms. The maximum Gasteiger partial charge on any atom is 0.253 e. The smallest absolute Gasteiger partial charge is 0.253 e. The van der Waals surface area contributed by atoms with Crippen LogP contribution in [0.3, 0.4) is 0 Å². The molecule has 3 rings (SSSR count). The Kier molecular flexibility index (Phi) is 4.74. The van der Waals surface area contributed by atoms with Crippen molar-refractivity contribution >= 4 is 40.9 Å². The molecule has 5 heteroatoms. The lowest BCUT2D eigenvalue weighted by Crippen LogP contribution is -2.33. The highest BCUT2D eigenvalue weighted by atomic mass is 127. The Morgan fingerprint density at radius 2 is 1.89 bits per heavy atom. The number of nitrogens with two attached hydrogens (primary N) is 1. The fourth-order valence-electron chi connectivity index (χ4n) is 3.25. The molecule has 1 aromatic carbocycles. The van der Waals surface area contributed by atoms with E-state index in [2.05, 4.69) is 22.6 Å². The minimum atomic E-state index is 0. The summed E-state index contributed by atoms with van der Waals surface area (Å²) < 4.78 is 1.16. The van der Waals surface area contributed by atoms with E-state index in [-0.39, 0.29) is 18.3 Å². The molecule has 1 heterocycles. The van der Waals surface area contributed by atoms with Gasteiger partial charge >= 0.3 is 0 Å². The van der Waals surface area contributed by atoms with Crippen LogP contribution in [-0.4, -0.2) is 29.9 Å². The molecule has 3 atom stereocenters. The molecule has 0 bridgehead atoms. The van der Waals surface area contributed by atoms with E-state index in [0.717, 1.165) is 28.6 Å². The number of likely N-dealkylation sites (tertiary alicyclic amines) is 1. The summed E-state index contributed by atoms with van der Waals surface area (Å²) in [6, 6.07) is 8.09. The molecule has 104 valence electrons. The van der Waals surface area contributed by atoms with E-state index in [1.165, 1.54) is 6.42 Å². The van der Waals surface area contributed by atoms with Gasteiger partial charge in [0.25, 0.3) is 5.91 Å². The van der Waals surface area contributed by atoms with Gasteiger partial charge in [-0.25, -0.2) is 0 Å². The molecule has 2 fully saturated rings. The first-order valence-electron chi connectivity index (χ1n) is 6.45. The van der Waals surface area contributed by atoms with Gasteiger partial charge in [-0.3, -0.25) is 4.79 Å². The van der Waals surface area contributed by atoms with Crippen LogP contribution in [0.4, 0.5) is 0 Å². The van der Waals surface area contributed by atoms with Crippen molar-refractivity contribution in [3.8, 4) is 0 Å². The molecule has 1 saturated carbocycles. The molecule has 0 radical (unpaired) electrons. The molecule has 1 aromatic rings. The van der Waals surface area contributed by atoms with Gasteiger partial charge in [0, 0.05) is 28.3 Å². The monoisotopic (exact) mass is 392 g/mol. The lowest BCUT2D eigenvalue weighted by atomic mass is 9.98. The third-order valence-corrected chi connectivity index (χ3v) is 5.01. The van der Waals surface area contributed by atoms with Crippen molar-refractivity contribution in [3.05, 3.63) is 33.4 Å². The normalized spacial score (nSPS) is 28.9. The van der Waals surface area contributed by atoms with E-state index in [1.807, 2.05) is 29.2 Å². The number of halogens is 2. The molecule has 1 aliphatic heterocycles. The molecular weight excluding hydrogens is 375 g/mol. The Labute approximate surface area is 133 Å². The Balaban J connectivity index is 0.00000133. The highest BCUT2D eigenvalue weighted by molar-refractivity contribution is 14.1. The Hall–Kier alpha value is -0.330. The highest BCUT2D eigenvalue weighted by Gasteiger charge is 2.42. The van der Waals surface area contributed by atoms with E-state index < -0.39 is 0 Å². The van der Waals surface area contributed by atoms with Crippen LogP contribution in [0.15, 0.2) is 24.3 Å². The van der Waals surface area contributed by atoms with Crippen molar-refractivity contribution in [1.82, 2.24) is 4.90 Å². The van der Waals surface area contributed by atoms with Crippen molar-refractivity contribution in [3.63, 3.8) is 0 Å². The zero-order chi connectivity index (χ0) is 12.7. The average molecular weight is 393 g/mol. The number of carbonyl (C=O) groups is 1. The van der Waals surface area contributed by atoms with Crippen LogP contribution in [-0.2, 0) is 0 Å². The molecule has 1 amide bonds. The number of benzene rings is 1. The van der Waals surface area contributed by atoms with Gasteiger partial charge < -0.3 is 10.6 Å². The first-order chi connectivity index (χ1) is 8.65. The van der Waals surface area contributed by atoms with Crippen LogP contribution >= 0.6 is 35.0 Å². The van der Waals surface area contributed by atoms with E-state index in [4.69, 9.17) is 5.73 Å². The van der Waals surface area contributed by atoms with Gasteiger partial charge in [0.2, 0.25) is 0 Å². The van der Waals surface area contributed by atoms with Crippen molar-refractivity contribution in [1.29, 1.82) is 0 Å². The predicted octanol–water partition coefficient (Wildman–Crippen LogP) is 2.52. The number of nitrogens with zero attached hydrogens (tertiary/aromatic N) is 1. The minimum Gasteiger partial charge on any atom is -0.338 e. The summed E-state index contributed by atoms with van der Waals surface area (Å²) in [6.07, 6.45) is 2.31. The van der Waals surface area contributed by atoms with Crippen LogP contribution in [0.1, 0.15) is 23.2 Å². The number of rotatable bonds is 1. The zero-order valence-electron chi connectivity index (χ0n) is 10.6. The van der Waals surface area contributed by atoms with Crippen molar-refractivity contribution in [2.45, 2.75) is 18.9 Å². The zero-order valence-corrected chi connectivity index (χ0v) is 13.6. The molecule has 2 N–H and O–H groups in total. The minimum absolute atomic E-state index is 0. The van der Waals surface area contributed by atoms with Crippen molar-refractivity contribution < 1.29 is 4.79 Å². The molecule has 0 aromatic heterocycles. The Morgan fingerprint density at radius 3 is 2.53 bits per heavy atom. The lowest BCUT2D eigenvalue weighted by Gasteiger charge is -2.18. The fourth-order valence-corrected chi connectivity index (χ4v) is 3.61. The third-order valence-electron chi connectivity index (χ3n) is 4.29. The molecule has 1 aliphatic carbocycles. The first kappa shape index (κ1) is 15.1. The lowest BCUT2D eigenvalue weighted by molar-refractivity contribution is 0.0779. The second-order valence-corrected chi connectivity index (χ2v) is 6.63. The molecule has 3 nitrogen and oxygen atoms in total. The summed E-state index contributed by atoms with van der Waals surface area (Å²) in [5.74, 6) is 1.32. The standard InChI is InChI=1S/C14H17IN2O.ClH/c15-11-4-1-9(2-5-11)14(18)17-7-10-3-6-13(16)12(10)8-17;/h1-2,4-5,10,12-13H,3,6-8,16H2;1H. The summed E-state index contributed by atoms with van der Waals surface area (Å²) in [4.78, 5) is 14.4. The topological polar surface area (TPSA) is 46.3 Å². The molecule has 2 aliphatic rings. The first-order valence-corrected chi connectivity index (χ1v) is 7.53. The largest absolute Gasteiger partial charge is 0.338 e. The van der Waals surface area contributed by atoms with Crippen LogP contribution in [0.5, 0.6) is 0 Å². The number of carbonyl (C=O) groups excluding carboxylic acids is 1. The quantitative estimate of drug-likeness (QED) is 0.747. The maximum absolute atomic E-state index is 12.4. The summed E-state index contributed by atoms with van der Waals surface area (Å²) in [6.45, 7) is 1.74. The van der Waals surface area contributed by atoms with Crippen LogP contribution < -0.4 is 5.73 Å². The van der Waals surface area contributed by atoms with Crippen molar-refractivity contribution in [2.75, 3.05) is 13.1 Å². The van der Waals surface area contributed by atoms with E-state index in [9.17, 15) is 4.79 Å². The van der Waals surface area contributed by atoms with Crippen LogP contribution in [0.25, 0.3) is 0 Å². The summed E-state index contributed by atoms with van der Waals surface area (Å²) in [5.41, 5.74) is 6.90. The second kappa shape index (κ2) is 5.97.